The van der Waals surface area contributed by atoms with Crippen molar-refractivity contribution >= 4 is 11.9 Å². The molecule has 3 aromatic rings. The van der Waals surface area contributed by atoms with Gasteiger partial charge in [0.25, 0.3) is 0 Å². The molecule has 10 heteroatoms. The van der Waals surface area contributed by atoms with Crippen LogP contribution in [0.4, 0.5) is 13.2 Å². The maximum absolute atomic E-state index is 12.9. The summed E-state index contributed by atoms with van der Waals surface area (Å²) < 4.78 is 48.3. The highest BCUT2D eigenvalue weighted by atomic mass is 19.4. The van der Waals surface area contributed by atoms with Crippen molar-refractivity contribution in [1.82, 2.24) is 15.5 Å². The van der Waals surface area contributed by atoms with E-state index in [0.717, 1.165) is 12.1 Å². The minimum Gasteiger partial charge on any atom is -0.467 e. The van der Waals surface area contributed by atoms with E-state index in [9.17, 15) is 22.8 Å². The molecule has 3 rings (SSSR count). The molecule has 7 nitrogen and oxygen atoms in total. The second-order valence-corrected chi connectivity index (χ2v) is 6.20. The van der Waals surface area contributed by atoms with Gasteiger partial charge in [0.1, 0.15) is 6.42 Å². The van der Waals surface area contributed by atoms with Crippen LogP contribution in [0.25, 0.3) is 11.4 Å². The van der Waals surface area contributed by atoms with Crippen LogP contribution in [0, 0.1) is 0 Å². The summed E-state index contributed by atoms with van der Waals surface area (Å²) in [6.07, 6.45) is -4.88. The van der Waals surface area contributed by atoms with Crippen LogP contribution in [0.1, 0.15) is 23.1 Å². The number of nitrogens with zero attached hydrogens (tertiary/aromatic N) is 2. The van der Waals surface area contributed by atoms with E-state index in [1.807, 2.05) is 0 Å². The first kappa shape index (κ1) is 21.0. The Morgan fingerprint density at radius 1 is 1.13 bits per heavy atom. The van der Waals surface area contributed by atoms with Gasteiger partial charge in [0.15, 0.2) is 6.04 Å². The Kier molecular flexibility index (Phi) is 6.14. The third-order valence-electron chi connectivity index (χ3n) is 4.10. The molecule has 0 radical (unpaired) electrons. The summed E-state index contributed by atoms with van der Waals surface area (Å²) in [5.74, 6) is -1.47. The van der Waals surface area contributed by atoms with Crippen molar-refractivity contribution in [3.8, 4) is 11.4 Å². The van der Waals surface area contributed by atoms with Gasteiger partial charge >= 0.3 is 12.1 Å². The van der Waals surface area contributed by atoms with Crippen molar-refractivity contribution in [2.24, 2.45) is 0 Å². The van der Waals surface area contributed by atoms with Gasteiger partial charge in [0.05, 0.1) is 12.7 Å². The highest BCUT2D eigenvalue weighted by molar-refractivity contribution is 5.86. The number of methoxy groups -OCH3 is 1. The van der Waals surface area contributed by atoms with E-state index < -0.39 is 29.7 Å². The number of ether oxygens (including phenoxy) is 1. The fourth-order valence-corrected chi connectivity index (χ4v) is 2.67. The second kappa shape index (κ2) is 8.76. The Bertz CT molecular complexity index is 1040. The largest absolute Gasteiger partial charge is 0.467 e. The molecule has 0 aliphatic rings. The maximum Gasteiger partial charge on any atom is 0.416 e. The third kappa shape index (κ3) is 5.02. The lowest BCUT2D eigenvalue weighted by molar-refractivity contribution is -0.145. The summed E-state index contributed by atoms with van der Waals surface area (Å²) in [6, 6.07) is 11.9. The SMILES string of the molecule is COC(=O)[C@H](NC(=O)Cc1nc(-c2cccc(C(F)(F)F)c2)no1)c1ccccc1. The van der Waals surface area contributed by atoms with Gasteiger partial charge in [-0.1, -0.05) is 47.6 Å². The number of nitrogens with one attached hydrogen (secondary N) is 1. The predicted molar refractivity (Wildman–Crippen MR) is 97.8 cm³/mol. The number of aromatic nitrogens is 2. The second-order valence-electron chi connectivity index (χ2n) is 6.20. The Morgan fingerprint density at radius 2 is 1.87 bits per heavy atom. The lowest BCUT2D eigenvalue weighted by Crippen LogP contribution is -2.35. The summed E-state index contributed by atoms with van der Waals surface area (Å²) >= 11 is 0. The zero-order valence-corrected chi connectivity index (χ0v) is 15.6. The average molecular weight is 419 g/mol. The normalized spacial score (nSPS) is 12.3. The molecular formula is C20H16F3N3O4. The molecule has 0 aliphatic carbocycles. The molecule has 0 bridgehead atoms. The van der Waals surface area contributed by atoms with Crippen molar-refractivity contribution in [2.45, 2.75) is 18.6 Å². The molecule has 0 aliphatic heterocycles. The molecule has 2 aromatic carbocycles. The minimum atomic E-state index is -4.51. The van der Waals surface area contributed by atoms with Crippen molar-refractivity contribution < 1.29 is 32.0 Å². The average Bonchev–Trinajstić information content (AvgIpc) is 3.20. The van der Waals surface area contributed by atoms with Crippen LogP contribution < -0.4 is 5.32 Å². The number of esters is 1. The predicted octanol–water partition coefficient (Wildman–Crippen LogP) is 3.33. The summed E-state index contributed by atoms with van der Waals surface area (Å²) in [5.41, 5.74) is -0.238. The Labute approximate surface area is 168 Å². The summed E-state index contributed by atoms with van der Waals surface area (Å²) in [5, 5.41) is 6.15. The lowest BCUT2D eigenvalue weighted by atomic mass is 10.1. The van der Waals surface area contributed by atoms with E-state index in [1.165, 1.54) is 19.2 Å². The van der Waals surface area contributed by atoms with Crippen LogP contribution >= 0.6 is 0 Å². The monoisotopic (exact) mass is 419 g/mol. The van der Waals surface area contributed by atoms with Gasteiger partial charge < -0.3 is 14.6 Å². The van der Waals surface area contributed by atoms with E-state index in [-0.39, 0.29) is 23.7 Å². The molecule has 0 fully saturated rings. The van der Waals surface area contributed by atoms with E-state index in [0.29, 0.717) is 5.56 Å². The van der Waals surface area contributed by atoms with Gasteiger partial charge in [-0.25, -0.2) is 4.79 Å². The molecule has 0 unspecified atom stereocenters. The number of rotatable bonds is 6. The number of hydrogen-bond acceptors (Lipinski definition) is 6. The van der Waals surface area contributed by atoms with Crippen LogP contribution in [-0.4, -0.2) is 29.1 Å². The summed E-state index contributed by atoms with van der Waals surface area (Å²) in [4.78, 5) is 28.3. The Hall–Kier alpha value is -3.69. The van der Waals surface area contributed by atoms with Crippen molar-refractivity contribution in [1.29, 1.82) is 0 Å². The van der Waals surface area contributed by atoms with Crippen molar-refractivity contribution in [3.63, 3.8) is 0 Å². The number of benzene rings is 2. The molecule has 1 atom stereocenters. The molecule has 156 valence electrons. The van der Waals surface area contributed by atoms with Gasteiger partial charge in [0, 0.05) is 5.56 Å². The standard InChI is InChI=1S/C20H16F3N3O4/c1-29-19(28)17(12-6-3-2-4-7-12)24-15(27)11-16-25-18(26-30-16)13-8-5-9-14(10-13)20(21,22)23/h2-10,17H,11H2,1H3,(H,24,27)/t17-/m1/s1. The molecule has 0 saturated heterocycles. The smallest absolute Gasteiger partial charge is 0.416 e. The highest BCUT2D eigenvalue weighted by Crippen LogP contribution is 2.31. The van der Waals surface area contributed by atoms with Crippen LogP contribution in [0.2, 0.25) is 0 Å². The number of amides is 1. The first-order valence-electron chi connectivity index (χ1n) is 8.70. The fourth-order valence-electron chi connectivity index (χ4n) is 2.67. The van der Waals surface area contributed by atoms with Crippen LogP contribution in [0.15, 0.2) is 59.1 Å². The number of carbonyl (C=O) groups is 2. The third-order valence-corrected chi connectivity index (χ3v) is 4.10. The van der Waals surface area contributed by atoms with Crippen LogP contribution in [0.3, 0.4) is 0 Å². The van der Waals surface area contributed by atoms with E-state index in [1.54, 1.807) is 30.3 Å². The Morgan fingerprint density at radius 3 is 2.53 bits per heavy atom. The molecule has 1 aromatic heterocycles. The van der Waals surface area contributed by atoms with Gasteiger partial charge in [-0.15, -0.1) is 0 Å². The van der Waals surface area contributed by atoms with Gasteiger partial charge in [-0.3, -0.25) is 4.79 Å². The van der Waals surface area contributed by atoms with Gasteiger partial charge in [0.2, 0.25) is 17.6 Å². The summed E-state index contributed by atoms with van der Waals surface area (Å²) in [6.45, 7) is 0. The van der Waals surface area contributed by atoms with Crippen molar-refractivity contribution in [2.75, 3.05) is 7.11 Å². The molecule has 1 N–H and O–H groups in total. The zero-order valence-electron chi connectivity index (χ0n) is 15.6. The number of halogens is 3. The molecule has 1 heterocycles. The van der Waals surface area contributed by atoms with Crippen LogP contribution in [0.5, 0.6) is 0 Å². The number of carbonyl (C=O) groups excluding carboxylic acids is 2. The summed E-state index contributed by atoms with van der Waals surface area (Å²) in [7, 11) is 1.20. The Balaban J connectivity index is 1.72. The first-order chi connectivity index (χ1) is 14.3. The quantitative estimate of drug-likeness (QED) is 0.616. The van der Waals surface area contributed by atoms with E-state index in [2.05, 4.69) is 15.5 Å². The molecule has 1 amide bonds. The highest BCUT2D eigenvalue weighted by Gasteiger charge is 2.31. The molecular weight excluding hydrogens is 403 g/mol. The van der Waals surface area contributed by atoms with Gasteiger partial charge in [-0.2, -0.15) is 18.2 Å². The van der Waals surface area contributed by atoms with E-state index >= 15 is 0 Å². The molecule has 0 spiro atoms. The van der Waals surface area contributed by atoms with Crippen molar-refractivity contribution in [3.05, 3.63) is 71.6 Å². The maximum atomic E-state index is 12.9. The first-order valence-corrected chi connectivity index (χ1v) is 8.70. The van der Waals surface area contributed by atoms with Gasteiger partial charge in [-0.05, 0) is 17.7 Å². The fraction of sp³-hybridized carbons (Fsp3) is 0.200. The lowest BCUT2D eigenvalue weighted by Gasteiger charge is -2.16. The molecule has 30 heavy (non-hydrogen) atoms. The van der Waals surface area contributed by atoms with Crippen LogP contribution in [-0.2, 0) is 26.9 Å². The number of hydrogen-bond donors (Lipinski definition) is 1. The number of alkyl halides is 3. The zero-order chi connectivity index (χ0) is 21.7. The molecule has 0 saturated carbocycles. The van der Waals surface area contributed by atoms with E-state index in [4.69, 9.17) is 9.26 Å². The minimum absolute atomic E-state index is 0.0866. The topological polar surface area (TPSA) is 94.3 Å².